The van der Waals surface area contributed by atoms with Crippen molar-refractivity contribution in [1.29, 1.82) is 0 Å². The number of aliphatic hydroxyl groups is 2. The number of nitrogens with two attached hydrogens (primary N) is 1. The van der Waals surface area contributed by atoms with Gasteiger partial charge in [-0.05, 0) is 6.92 Å². The Morgan fingerprint density at radius 1 is 1.50 bits per heavy atom. The van der Waals surface area contributed by atoms with E-state index in [-0.39, 0.29) is 19.0 Å². The van der Waals surface area contributed by atoms with Crippen LogP contribution in [0.15, 0.2) is 0 Å². The van der Waals surface area contributed by atoms with E-state index in [1.165, 1.54) is 4.90 Å². The van der Waals surface area contributed by atoms with Crippen molar-refractivity contribution < 1.29 is 15.0 Å². The van der Waals surface area contributed by atoms with Gasteiger partial charge in [0.05, 0.1) is 17.9 Å². The molecule has 1 amide bonds. The number of nitrogen functional groups attached to an aromatic ring is 1. The summed E-state index contributed by atoms with van der Waals surface area (Å²) in [4.78, 5) is 17.8. The molecule has 2 heterocycles. The molecule has 1 fully saturated rings. The van der Waals surface area contributed by atoms with Crippen molar-refractivity contribution in [3.63, 3.8) is 0 Å². The van der Waals surface area contributed by atoms with Crippen molar-refractivity contribution >= 4 is 22.4 Å². The van der Waals surface area contributed by atoms with E-state index in [1.807, 2.05) is 0 Å². The first-order valence-electron chi connectivity index (χ1n) is 4.87. The molecule has 0 radical (unpaired) electrons. The standard InChI is InChI=1S/C9H13N3O3S/c1-4-7(16-9(10)11-4)8(15)12-2-5(13)6(14)3-12/h5-6,13-14H,2-3H2,1H3,(H2,10,11). The number of β-amino-alcohol motifs (C(OH)–C–C–N with tert-alkyl or cyclic N) is 2. The van der Waals surface area contributed by atoms with Gasteiger partial charge in [0, 0.05) is 13.1 Å². The number of rotatable bonds is 1. The normalized spacial score (nSPS) is 25.1. The molecule has 1 saturated heterocycles. The number of amides is 1. The van der Waals surface area contributed by atoms with Crippen LogP contribution in [0.4, 0.5) is 5.13 Å². The van der Waals surface area contributed by atoms with E-state index in [2.05, 4.69) is 4.98 Å². The molecule has 2 atom stereocenters. The lowest BCUT2D eigenvalue weighted by Crippen LogP contribution is -2.29. The second-order valence-corrected chi connectivity index (χ2v) is 4.84. The van der Waals surface area contributed by atoms with Gasteiger partial charge in [-0.3, -0.25) is 4.79 Å². The van der Waals surface area contributed by atoms with E-state index in [9.17, 15) is 15.0 Å². The number of hydrogen-bond acceptors (Lipinski definition) is 6. The fraction of sp³-hybridized carbons (Fsp3) is 0.556. The van der Waals surface area contributed by atoms with Gasteiger partial charge in [-0.25, -0.2) is 4.98 Å². The van der Waals surface area contributed by atoms with Crippen LogP contribution in [0.3, 0.4) is 0 Å². The predicted molar refractivity (Wildman–Crippen MR) is 59.2 cm³/mol. The minimum atomic E-state index is -0.866. The highest BCUT2D eigenvalue weighted by Gasteiger charge is 2.34. The zero-order valence-electron chi connectivity index (χ0n) is 8.75. The number of thiazole rings is 1. The molecule has 0 spiro atoms. The van der Waals surface area contributed by atoms with E-state index < -0.39 is 12.2 Å². The largest absolute Gasteiger partial charge is 0.388 e. The molecule has 1 aliphatic heterocycles. The summed E-state index contributed by atoms with van der Waals surface area (Å²) in [6, 6.07) is 0. The molecule has 1 aliphatic rings. The quantitative estimate of drug-likeness (QED) is 0.600. The molecule has 0 aromatic carbocycles. The van der Waals surface area contributed by atoms with Crippen LogP contribution in [-0.2, 0) is 0 Å². The van der Waals surface area contributed by atoms with Crippen molar-refractivity contribution in [1.82, 2.24) is 9.88 Å². The van der Waals surface area contributed by atoms with E-state index in [0.29, 0.717) is 15.7 Å². The third-order valence-electron chi connectivity index (χ3n) is 2.55. The summed E-state index contributed by atoms with van der Waals surface area (Å²) in [6.45, 7) is 2.01. The Morgan fingerprint density at radius 2 is 2.06 bits per heavy atom. The third-order valence-corrected chi connectivity index (χ3v) is 3.53. The lowest BCUT2D eigenvalue weighted by atomic mass is 10.3. The van der Waals surface area contributed by atoms with E-state index in [1.54, 1.807) is 6.92 Å². The molecule has 0 aliphatic carbocycles. The molecule has 1 aromatic heterocycles. The molecule has 0 saturated carbocycles. The van der Waals surface area contributed by atoms with E-state index >= 15 is 0 Å². The monoisotopic (exact) mass is 243 g/mol. The lowest BCUT2D eigenvalue weighted by molar-refractivity contribution is 0.0572. The Morgan fingerprint density at radius 3 is 2.50 bits per heavy atom. The zero-order chi connectivity index (χ0) is 11.9. The van der Waals surface area contributed by atoms with Gasteiger partial charge >= 0.3 is 0 Å². The molecule has 88 valence electrons. The molecule has 4 N–H and O–H groups in total. The van der Waals surface area contributed by atoms with Gasteiger partial charge < -0.3 is 20.8 Å². The highest BCUT2D eigenvalue weighted by atomic mass is 32.1. The van der Waals surface area contributed by atoms with Crippen molar-refractivity contribution in [2.75, 3.05) is 18.8 Å². The summed E-state index contributed by atoms with van der Waals surface area (Å²) in [5.74, 6) is -0.234. The summed E-state index contributed by atoms with van der Waals surface area (Å²) in [5, 5.41) is 19.1. The van der Waals surface area contributed by atoms with Crippen LogP contribution in [0, 0.1) is 6.92 Å². The maximum Gasteiger partial charge on any atom is 0.266 e. The fourth-order valence-corrected chi connectivity index (χ4v) is 2.50. The van der Waals surface area contributed by atoms with Crippen LogP contribution in [0.2, 0.25) is 0 Å². The first-order chi connectivity index (χ1) is 7.49. The SMILES string of the molecule is Cc1nc(N)sc1C(=O)N1CC(O)C(O)C1. The summed E-state index contributed by atoms with van der Waals surface area (Å²) in [6.07, 6.45) is -1.73. The molecule has 0 bridgehead atoms. The summed E-state index contributed by atoms with van der Waals surface area (Å²) in [5.41, 5.74) is 6.09. The molecule has 7 heteroatoms. The average molecular weight is 243 g/mol. The number of aryl methyl sites for hydroxylation is 1. The third kappa shape index (κ3) is 1.89. The van der Waals surface area contributed by atoms with Gasteiger partial charge in [0.1, 0.15) is 4.88 Å². The molecular weight excluding hydrogens is 230 g/mol. The number of hydrogen-bond donors (Lipinski definition) is 3. The number of carbonyl (C=O) groups excluding carboxylic acids is 1. The Labute approximate surface area is 96.3 Å². The van der Waals surface area contributed by atoms with E-state index in [4.69, 9.17) is 5.73 Å². The van der Waals surface area contributed by atoms with Gasteiger partial charge in [-0.1, -0.05) is 11.3 Å². The number of anilines is 1. The number of aromatic nitrogens is 1. The minimum absolute atomic E-state index is 0.150. The number of nitrogens with zero attached hydrogens (tertiary/aromatic N) is 2. The van der Waals surface area contributed by atoms with Crippen LogP contribution in [-0.4, -0.2) is 51.3 Å². The zero-order valence-corrected chi connectivity index (χ0v) is 9.57. The van der Waals surface area contributed by atoms with Crippen molar-refractivity contribution in [2.45, 2.75) is 19.1 Å². The lowest BCUT2D eigenvalue weighted by Gasteiger charge is -2.13. The molecule has 2 rings (SSSR count). The topological polar surface area (TPSA) is 99.7 Å². The first-order valence-corrected chi connectivity index (χ1v) is 5.69. The molecule has 2 unspecified atom stereocenters. The van der Waals surface area contributed by atoms with Crippen LogP contribution in [0.1, 0.15) is 15.4 Å². The Hall–Kier alpha value is -1.18. The molecule has 1 aromatic rings. The molecule has 16 heavy (non-hydrogen) atoms. The number of aliphatic hydroxyl groups excluding tert-OH is 2. The second kappa shape index (κ2) is 4.00. The highest BCUT2D eigenvalue weighted by Crippen LogP contribution is 2.23. The summed E-state index contributed by atoms with van der Waals surface area (Å²) in [7, 11) is 0. The highest BCUT2D eigenvalue weighted by molar-refractivity contribution is 7.17. The smallest absolute Gasteiger partial charge is 0.266 e. The van der Waals surface area contributed by atoms with Crippen LogP contribution in [0.25, 0.3) is 0 Å². The van der Waals surface area contributed by atoms with E-state index in [0.717, 1.165) is 11.3 Å². The minimum Gasteiger partial charge on any atom is -0.388 e. The Bertz CT molecular complexity index is 410. The van der Waals surface area contributed by atoms with Gasteiger partial charge in [0.25, 0.3) is 5.91 Å². The number of carbonyl (C=O) groups is 1. The first kappa shape index (κ1) is 11.3. The Kier molecular flexibility index (Phi) is 2.83. The van der Waals surface area contributed by atoms with Crippen LogP contribution < -0.4 is 5.73 Å². The fourth-order valence-electron chi connectivity index (χ4n) is 1.69. The summed E-state index contributed by atoms with van der Waals surface area (Å²) >= 11 is 1.12. The second-order valence-electron chi connectivity index (χ2n) is 3.81. The summed E-state index contributed by atoms with van der Waals surface area (Å²) < 4.78 is 0. The number of likely N-dealkylation sites (tertiary alicyclic amines) is 1. The van der Waals surface area contributed by atoms with Crippen molar-refractivity contribution in [3.05, 3.63) is 10.6 Å². The predicted octanol–water partition coefficient (Wildman–Crippen LogP) is -0.789. The van der Waals surface area contributed by atoms with Crippen LogP contribution in [0.5, 0.6) is 0 Å². The molecular formula is C9H13N3O3S. The van der Waals surface area contributed by atoms with Gasteiger partial charge in [-0.2, -0.15) is 0 Å². The van der Waals surface area contributed by atoms with Crippen molar-refractivity contribution in [3.8, 4) is 0 Å². The van der Waals surface area contributed by atoms with Crippen LogP contribution >= 0.6 is 11.3 Å². The van der Waals surface area contributed by atoms with Gasteiger partial charge in [-0.15, -0.1) is 0 Å². The maximum atomic E-state index is 12.0. The van der Waals surface area contributed by atoms with Gasteiger partial charge in [0.2, 0.25) is 0 Å². The van der Waals surface area contributed by atoms with Gasteiger partial charge in [0.15, 0.2) is 5.13 Å². The maximum absolute atomic E-state index is 12.0. The molecule has 6 nitrogen and oxygen atoms in total. The average Bonchev–Trinajstić information content (AvgIpc) is 2.70. The van der Waals surface area contributed by atoms with Crippen molar-refractivity contribution in [2.24, 2.45) is 0 Å². The Balaban J connectivity index is 2.17.